The first-order valence-electron chi connectivity index (χ1n) is 6.92. The standard InChI is InChI=1S/C14H11F6N3O2/c1-2-12(22-7-9(6-21-22)23(24)25)10-4-3-8(13(15,16)17)5-11(10)14(18,19)20/h3-7,12H,2H2,1H3. The molecule has 0 fully saturated rings. The van der Waals surface area contributed by atoms with E-state index in [0.717, 1.165) is 23.1 Å². The smallest absolute Gasteiger partial charge is 0.258 e. The van der Waals surface area contributed by atoms with Crippen LogP contribution in [0.3, 0.4) is 0 Å². The topological polar surface area (TPSA) is 61.0 Å². The molecule has 1 aromatic carbocycles. The molecule has 25 heavy (non-hydrogen) atoms. The number of nitro groups is 1. The predicted octanol–water partition coefficient (Wildman–Crippen LogP) is 4.83. The van der Waals surface area contributed by atoms with Crippen LogP contribution in [0.2, 0.25) is 0 Å². The molecule has 1 atom stereocenters. The van der Waals surface area contributed by atoms with Gasteiger partial charge in [0.1, 0.15) is 12.4 Å². The lowest BCUT2D eigenvalue weighted by Crippen LogP contribution is -2.19. The van der Waals surface area contributed by atoms with E-state index >= 15 is 0 Å². The number of aromatic nitrogens is 2. The van der Waals surface area contributed by atoms with Crippen LogP contribution in [0.15, 0.2) is 30.6 Å². The number of alkyl halides is 6. The molecule has 2 rings (SSSR count). The Morgan fingerprint density at radius 3 is 2.28 bits per heavy atom. The Balaban J connectivity index is 2.59. The first kappa shape index (κ1) is 18.7. The number of rotatable bonds is 4. The lowest BCUT2D eigenvalue weighted by Gasteiger charge is -2.22. The Hall–Kier alpha value is -2.59. The lowest BCUT2D eigenvalue weighted by molar-refractivity contribution is -0.385. The molecule has 1 heterocycles. The Labute approximate surface area is 137 Å². The molecule has 0 amide bonds. The molecule has 0 saturated heterocycles. The van der Waals surface area contributed by atoms with Crippen LogP contribution >= 0.6 is 0 Å². The monoisotopic (exact) mass is 367 g/mol. The molecule has 11 heteroatoms. The van der Waals surface area contributed by atoms with Crippen LogP contribution in [0, 0.1) is 10.1 Å². The van der Waals surface area contributed by atoms with Crippen molar-refractivity contribution in [2.24, 2.45) is 0 Å². The van der Waals surface area contributed by atoms with Gasteiger partial charge in [-0.3, -0.25) is 14.8 Å². The second kappa shape index (κ2) is 6.37. The van der Waals surface area contributed by atoms with E-state index in [1.165, 1.54) is 6.92 Å². The highest BCUT2D eigenvalue weighted by molar-refractivity contribution is 5.38. The number of halogens is 6. The summed E-state index contributed by atoms with van der Waals surface area (Å²) in [7, 11) is 0. The van der Waals surface area contributed by atoms with Gasteiger partial charge in [0.15, 0.2) is 0 Å². The zero-order chi connectivity index (χ0) is 19.0. The van der Waals surface area contributed by atoms with Crippen molar-refractivity contribution in [2.75, 3.05) is 0 Å². The third-order valence-electron chi connectivity index (χ3n) is 3.55. The summed E-state index contributed by atoms with van der Waals surface area (Å²) >= 11 is 0. The molecule has 0 saturated carbocycles. The van der Waals surface area contributed by atoms with Crippen molar-refractivity contribution in [3.8, 4) is 0 Å². The Morgan fingerprint density at radius 2 is 1.84 bits per heavy atom. The van der Waals surface area contributed by atoms with Gasteiger partial charge >= 0.3 is 18.0 Å². The molecule has 1 aromatic heterocycles. The summed E-state index contributed by atoms with van der Waals surface area (Å²) in [6, 6.07) is 0.210. The predicted molar refractivity (Wildman–Crippen MR) is 73.8 cm³/mol. The summed E-state index contributed by atoms with van der Waals surface area (Å²) < 4.78 is 78.9. The number of benzene rings is 1. The van der Waals surface area contributed by atoms with Gasteiger partial charge in [-0.1, -0.05) is 13.0 Å². The van der Waals surface area contributed by atoms with Crippen LogP contribution < -0.4 is 0 Å². The van der Waals surface area contributed by atoms with Gasteiger partial charge in [0.2, 0.25) is 0 Å². The van der Waals surface area contributed by atoms with E-state index in [2.05, 4.69) is 5.10 Å². The molecule has 0 spiro atoms. The van der Waals surface area contributed by atoms with Crippen LogP contribution in [0.25, 0.3) is 0 Å². The first-order valence-corrected chi connectivity index (χ1v) is 6.92. The van der Waals surface area contributed by atoms with E-state index in [-0.39, 0.29) is 12.5 Å². The molecule has 5 nitrogen and oxygen atoms in total. The zero-order valence-electron chi connectivity index (χ0n) is 12.6. The van der Waals surface area contributed by atoms with Crippen LogP contribution in [0.4, 0.5) is 32.0 Å². The number of hydrogen-bond acceptors (Lipinski definition) is 3. The molecule has 136 valence electrons. The molecule has 0 aliphatic carbocycles. The van der Waals surface area contributed by atoms with Crippen molar-refractivity contribution in [1.29, 1.82) is 0 Å². The van der Waals surface area contributed by atoms with Gasteiger partial charge in [0.05, 0.1) is 22.1 Å². The van der Waals surface area contributed by atoms with Crippen molar-refractivity contribution < 1.29 is 31.3 Å². The lowest BCUT2D eigenvalue weighted by atomic mass is 9.95. The second-order valence-corrected chi connectivity index (χ2v) is 5.16. The average Bonchev–Trinajstić information content (AvgIpc) is 2.96. The van der Waals surface area contributed by atoms with Crippen LogP contribution in [-0.2, 0) is 12.4 Å². The fraction of sp³-hybridized carbons (Fsp3) is 0.357. The Morgan fingerprint density at radius 1 is 1.20 bits per heavy atom. The maximum absolute atomic E-state index is 13.3. The molecule has 0 N–H and O–H groups in total. The minimum Gasteiger partial charge on any atom is -0.258 e. The van der Waals surface area contributed by atoms with Crippen LogP contribution in [-0.4, -0.2) is 14.7 Å². The van der Waals surface area contributed by atoms with E-state index in [1.54, 1.807) is 0 Å². The third-order valence-corrected chi connectivity index (χ3v) is 3.55. The van der Waals surface area contributed by atoms with E-state index in [1.807, 2.05) is 0 Å². The highest BCUT2D eigenvalue weighted by atomic mass is 19.4. The average molecular weight is 367 g/mol. The Bertz CT molecular complexity index is 782. The summed E-state index contributed by atoms with van der Waals surface area (Å²) in [4.78, 5) is 9.92. The fourth-order valence-electron chi connectivity index (χ4n) is 2.41. The molecular weight excluding hydrogens is 356 g/mol. The maximum Gasteiger partial charge on any atom is 0.416 e. The van der Waals surface area contributed by atoms with Gasteiger partial charge in [0.25, 0.3) is 0 Å². The van der Waals surface area contributed by atoms with Crippen LogP contribution in [0.1, 0.15) is 36.1 Å². The number of hydrogen-bond donors (Lipinski definition) is 0. The van der Waals surface area contributed by atoms with E-state index in [4.69, 9.17) is 0 Å². The van der Waals surface area contributed by atoms with Gasteiger partial charge in [-0.05, 0) is 24.1 Å². The van der Waals surface area contributed by atoms with E-state index in [9.17, 15) is 36.5 Å². The van der Waals surface area contributed by atoms with Crippen molar-refractivity contribution in [1.82, 2.24) is 9.78 Å². The maximum atomic E-state index is 13.3. The van der Waals surface area contributed by atoms with Gasteiger partial charge in [-0.25, -0.2) is 0 Å². The van der Waals surface area contributed by atoms with Crippen molar-refractivity contribution in [3.05, 3.63) is 57.4 Å². The molecule has 1 unspecified atom stereocenters. The quantitative estimate of drug-likeness (QED) is 0.442. The molecule has 0 bridgehead atoms. The minimum atomic E-state index is -5.02. The highest BCUT2D eigenvalue weighted by Gasteiger charge is 2.39. The highest BCUT2D eigenvalue weighted by Crippen LogP contribution is 2.40. The summed E-state index contributed by atoms with van der Waals surface area (Å²) in [5, 5.41) is 14.4. The largest absolute Gasteiger partial charge is 0.416 e. The minimum absolute atomic E-state index is 0.0350. The van der Waals surface area contributed by atoms with E-state index < -0.39 is 45.7 Å². The van der Waals surface area contributed by atoms with E-state index in [0.29, 0.717) is 6.07 Å². The second-order valence-electron chi connectivity index (χ2n) is 5.16. The zero-order valence-corrected chi connectivity index (χ0v) is 12.6. The Kier molecular flexibility index (Phi) is 4.78. The normalized spacial score (nSPS) is 13.7. The van der Waals surface area contributed by atoms with Crippen molar-refractivity contribution in [3.63, 3.8) is 0 Å². The molecule has 2 aromatic rings. The fourth-order valence-corrected chi connectivity index (χ4v) is 2.41. The molecule has 0 radical (unpaired) electrons. The van der Waals surface area contributed by atoms with Gasteiger partial charge in [-0.15, -0.1) is 0 Å². The summed E-state index contributed by atoms with van der Waals surface area (Å²) in [6.07, 6.45) is -8.12. The SMILES string of the molecule is CCC(c1ccc(C(F)(F)F)cc1C(F)(F)F)n1cc([N+](=O)[O-])cn1. The number of nitrogens with zero attached hydrogens (tertiary/aromatic N) is 3. The third kappa shape index (κ3) is 3.91. The van der Waals surface area contributed by atoms with Crippen LogP contribution in [0.5, 0.6) is 0 Å². The van der Waals surface area contributed by atoms with Gasteiger partial charge in [0, 0.05) is 0 Å². The first-order chi connectivity index (χ1) is 11.4. The summed E-state index contributed by atoms with van der Waals surface area (Å²) in [5.41, 5.74) is -3.75. The van der Waals surface area contributed by atoms with Gasteiger partial charge < -0.3 is 0 Å². The summed E-state index contributed by atoms with van der Waals surface area (Å²) in [6.45, 7) is 1.50. The molecule has 0 aliphatic rings. The molecular formula is C14H11F6N3O2. The van der Waals surface area contributed by atoms with Crippen molar-refractivity contribution >= 4 is 5.69 Å². The summed E-state index contributed by atoms with van der Waals surface area (Å²) in [5.74, 6) is 0. The van der Waals surface area contributed by atoms with Gasteiger partial charge in [-0.2, -0.15) is 31.4 Å². The molecule has 0 aliphatic heterocycles. The van der Waals surface area contributed by atoms with Crippen molar-refractivity contribution in [2.45, 2.75) is 31.7 Å².